The molecule has 6 heteroatoms. The van der Waals surface area contributed by atoms with Gasteiger partial charge < -0.3 is 5.32 Å². The molecular weight excluding hydrogens is 320 g/mol. The van der Waals surface area contributed by atoms with Crippen LogP contribution < -0.4 is 5.32 Å². The number of hydrogen-bond donors (Lipinski definition) is 1. The molecule has 0 amide bonds. The zero-order chi connectivity index (χ0) is 17.9. The highest BCUT2D eigenvalue weighted by molar-refractivity contribution is 5.75. The molecule has 2 rings (SSSR count). The number of benzene rings is 2. The van der Waals surface area contributed by atoms with Crippen LogP contribution in [0.25, 0.3) is 16.7 Å². The fraction of sp³-hybridized carbons (Fsp3) is 0.167. The quantitative estimate of drug-likeness (QED) is 0.634. The standard InChI is InChI=1S/C18H14F4N2/c1-11(17(10-23)24-2)12-4-3-5-13(6-12)14-7-15(18(20,21)22)9-16(19)8-14/h3-9,24H,1-2H3/b17-11+. The number of rotatable bonds is 3. The summed E-state index contributed by atoms with van der Waals surface area (Å²) in [6.07, 6.45) is -4.62. The predicted octanol–water partition coefficient (Wildman–Crippen LogP) is 4.99. The minimum absolute atomic E-state index is 0.125. The molecular formula is C18H14F4N2. The molecule has 0 atom stereocenters. The minimum atomic E-state index is -4.62. The van der Waals surface area contributed by atoms with E-state index in [9.17, 15) is 17.6 Å². The Kier molecular flexibility index (Phi) is 4.93. The fourth-order valence-corrected chi connectivity index (χ4v) is 2.32. The van der Waals surface area contributed by atoms with Gasteiger partial charge in [0.2, 0.25) is 0 Å². The van der Waals surface area contributed by atoms with Crippen LogP contribution in [0.5, 0.6) is 0 Å². The molecule has 0 unspecified atom stereocenters. The van der Waals surface area contributed by atoms with Crippen molar-refractivity contribution in [2.24, 2.45) is 0 Å². The van der Waals surface area contributed by atoms with Crippen LogP contribution in [-0.2, 0) is 6.18 Å². The number of nitrogens with one attached hydrogen (secondary N) is 1. The molecule has 0 radical (unpaired) electrons. The van der Waals surface area contributed by atoms with Crippen molar-refractivity contribution < 1.29 is 17.6 Å². The molecule has 0 fully saturated rings. The number of nitriles is 1. The van der Waals surface area contributed by atoms with Gasteiger partial charge in [0.25, 0.3) is 0 Å². The second kappa shape index (κ2) is 6.75. The highest BCUT2D eigenvalue weighted by Crippen LogP contribution is 2.33. The maximum Gasteiger partial charge on any atom is 0.416 e. The van der Waals surface area contributed by atoms with Crippen LogP contribution in [0.4, 0.5) is 17.6 Å². The summed E-state index contributed by atoms with van der Waals surface area (Å²) in [5.74, 6) is -0.953. The van der Waals surface area contributed by atoms with Crippen molar-refractivity contribution >= 4 is 5.57 Å². The lowest BCUT2D eigenvalue weighted by Crippen LogP contribution is -2.06. The Balaban J connectivity index is 2.56. The maximum atomic E-state index is 13.6. The van der Waals surface area contributed by atoms with E-state index in [4.69, 9.17) is 5.26 Å². The van der Waals surface area contributed by atoms with E-state index >= 15 is 0 Å². The average Bonchev–Trinajstić information content (AvgIpc) is 2.54. The van der Waals surface area contributed by atoms with Crippen LogP contribution in [0, 0.1) is 17.1 Å². The molecule has 0 bridgehead atoms. The first-order chi connectivity index (χ1) is 11.3. The Bertz CT molecular complexity index is 830. The molecule has 0 aliphatic heterocycles. The third kappa shape index (κ3) is 3.74. The number of nitrogens with zero attached hydrogens (tertiary/aromatic N) is 1. The second-order valence-electron chi connectivity index (χ2n) is 5.17. The summed E-state index contributed by atoms with van der Waals surface area (Å²) in [5.41, 5.74) is 1.18. The first-order valence-electron chi connectivity index (χ1n) is 7.03. The Morgan fingerprint density at radius 1 is 1.08 bits per heavy atom. The Labute approximate surface area is 137 Å². The van der Waals surface area contributed by atoms with Gasteiger partial charge in [-0.05, 0) is 53.5 Å². The van der Waals surface area contributed by atoms with E-state index in [0.29, 0.717) is 28.5 Å². The Hall–Kier alpha value is -2.81. The van der Waals surface area contributed by atoms with Gasteiger partial charge in [-0.2, -0.15) is 18.4 Å². The molecule has 2 aromatic carbocycles. The summed E-state index contributed by atoms with van der Waals surface area (Å²) in [6, 6.07) is 11.0. The highest BCUT2D eigenvalue weighted by atomic mass is 19.4. The van der Waals surface area contributed by atoms with Gasteiger partial charge in [-0.15, -0.1) is 0 Å². The van der Waals surface area contributed by atoms with E-state index in [0.717, 1.165) is 12.1 Å². The first-order valence-corrected chi connectivity index (χ1v) is 7.03. The van der Waals surface area contributed by atoms with Crippen LogP contribution >= 0.6 is 0 Å². The zero-order valence-corrected chi connectivity index (χ0v) is 13.0. The van der Waals surface area contributed by atoms with Crippen LogP contribution in [0.15, 0.2) is 48.2 Å². The molecule has 1 N–H and O–H groups in total. The van der Waals surface area contributed by atoms with Crippen molar-refractivity contribution in [1.82, 2.24) is 5.32 Å². The smallest absolute Gasteiger partial charge is 0.379 e. The lowest BCUT2D eigenvalue weighted by Gasteiger charge is -2.11. The molecule has 124 valence electrons. The molecule has 0 aromatic heterocycles. The average molecular weight is 334 g/mol. The van der Waals surface area contributed by atoms with Crippen molar-refractivity contribution in [3.63, 3.8) is 0 Å². The van der Waals surface area contributed by atoms with Gasteiger partial charge in [0.15, 0.2) is 0 Å². The van der Waals surface area contributed by atoms with Gasteiger partial charge in [0, 0.05) is 7.05 Å². The van der Waals surface area contributed by atoms with E-state index in [-0.39, 0.29) is 5.56 Å². The van der Waals surface area contributed by atoms with Gasteiger partial charge in [-0.1, -0.05) is 18.2 Å². The van der Waals surface area contributed by atoms with Crippen molar-refractivity contribution in [2.75, 3.05) is 7.05 Å². The molecule has 0 saturated heterocycles. The van der Waals surface area contributed by atoms with Crippen molar-refractivity contribution in [3.05, 3.63) is 65.1 Å². The SMILES string of the molecule is CN/C(C#N)=C(\C)c1cccc(-c2cc(F)cc(C(F)(F)F)c2)c1. The van der Waals surface area contributed by atoms with Crippen molar-refractivity contribution in [3.8, 4) is 17.2 Å². The van der Waals surface area contributed by atoms with Gasteiger partial charge >= 0.3 is 6.18 Å². The highest BCUT2D eigenvalue weighted by Gasteiger charge is 2.31. The molecule has 24 heavy (non-hydrogen) atoms. The first kappa shape index (κ1) is 17.5. The lowest BCUT2D eigenvalue weighted by atomic mass is 9.97. The largest absolute Gasteiger partial charge is 0.416 e. The molecule has 0 heterocycles. The van der Waals surface area contributed by atoms with Crippen LogP contribution in [0.1, 0.15) is 18.1 Å². The van der Waals surface area contributed by atoms with E-state index in [2.05, 4.69) is 5.32 Å². The molecule has 2 aromatic rings. The van der Waals surface area contributed by atoms with Crippen molar-refractivity contribution in [1.29, 1.82) is 5.26 Å². The summed E-state index contributed by atoms with van der Waals surface area (Å²) in [7, 11) is 1.61. The van der Waals surface area contributed by atoms with E-state index in [1.807, 2.05) is 6.07 Å². The third-order valence-electron chi connectivity index (χ3n) is 3.59. The number of hydrogen-bond acceptors (Lipinski definition) is 2. The van der Waals surface area contributed by atoms with Crippen LogP contribution in [-0.4, -0.2) is 7.05 Å². The van der Waals surface area contributed by atoms with E-state index < -0.39 is 17.6 Å². The molecule has 2 nitrogen and oxygen atoms in total. The van der Waals surface area contributed by atoms with Crippen LogP contribution in [0.2, 0.25) is 0 Å². The number of allylic oxidation sites excluding steroid dienone is 2. The summed E-state index contributed by atoms with van der Waals surface area (Å²) >= 11 is 0. The zero-order valence-electron chi connectivity index (χ0n) is 13.0. The van der Waals surface area contributed by atoms with E-state index in [1.165, 1.54) is 0 Å². The number of alkyl halides is 3. The fourth-order valence-electron chi connectivity index (χ4n) is 2.32. The maximum absolute atomic E-state index is 13.6. The Morgan fingerprint density at radius 3 is 2.38 bits per heavy atom. The minimum Gasteiger partial charge on any atom is -0.379 e. The monoisotopic (exact) mass is 334 g/mol. The topological polar surface area (TPSA) is 35.8 Å². The van der Waals surface area contributed by atoms with E-state index in [1.54, 1.807) is 38.2 Å². The second-order valence-corrected chi connectivity index (χ2v) is 5.17. The molecule has 0 spiro atoms. The summed E-state index contributed by atoms with van der Waals surface area (Å²) in [5, 5.41) is 11.8. The normalized spacial score (nSPS) is 12.4. The Morgan fingerprint density at radius 2 is 1.79 bits per heavy atom. The van der Waals surface area contributed by atoms with Crippen molar-refractivity contribution in [2.45, 2.75) is 13.1 Å². The lowest BCUT2D eigenvalue weighted by molar-refractivity contribution is -0.137. The predicted molar refractivity (Wildman–Crippen MR) is 84.1 cm³/mol. The summed E-state index contributed by atoms with van der Waals surface area (Å²) in [6.45, 7) is 1.72. The molecule has 0 aliphatic carbocycles. The van der Waals surface area contributed by atoms with Gasteiger partial charge in [0.1, 0.15) is 17.6 Å². The molecule has 0 aliphatic rings. The van der Waals surface area contributed by atoms with Crippen LogP contribution in [0.3, 0.4) is 0 Å². The van der Waals surface area contributed by atoms with Gasteiger partial charge in [-0.3, -0.25) is 0 Å². The van der Waals surface area contributed by atoms with Gasteiger partial charge in [0.05, 0.1) is 5.56 Å². The summed E-state index contributed by atoms with van der Waals surface area (Å²) in [4.78, 5) is 0. The molecule has 0 saturated carbocycles. The summed E-state index contributed by atoms with van der Waals surface area (Å²) < 4.78 is 52.1. The number of halogens is 4. The third-order valence-corrected chi connectivity index (χ3v) is 3.59. The van der Waals surface area contributed by atoms with Gasteiger partial charge in [-0.25, -0.2) is 4.39 Å².